The second-order valence-electron chi connectivity index (χ2n) is 4.00. The average molecular weight is 257 g/mol. The Morgan fingerprint density at radius 3 is 3.00 bits per heavy atom. The van der Waals surface area contributed by atoms with Crippen LogP contribution in [0.3, 0.4) is 0 Å². The fraction of sp³-hybridized carbons (Fsp3) is 0.167. The number of nitrogens with zero attached hydrogens (tertiary/aromatic N) is 3. The first-order valence-corrected chi connectivity index (χ1v) is 5.86. The van der Waals surface area contributed by atoms with Gasteiger partial charge in [-0.15, -0.1) is 0 Å². The molecule has 0 aliphatic heterocycles. The molecule has 2 aromatic heterocycles. The van der Waals surface area contributed by atoms with E-state index in [0.29, 0.717) is 17.6 Å². The number of H-pyrrole nitrogens is 1. The molecule has 19 heavy (non-hydrogen) atoms. The first-order valence-electron chi connectivity index (χ1n) is 5.86. The first kappa shape index (κ1) is 11.4. The van der Waals surface area contributed by atoms with Crippen LogP contribution in [-0.4, -0.2) is 32.0 Å². The minimum atomic E-state index is -0.390. The number of amides is 1. The Labute approximate surface area is 107 Å². The first-order chi connectivity index (χ1) is 9.22. The van der Waals surface area contributed by atoms with Gasteiger partial charge in [-0.25, -0.2) is 19.3 Å². The molecule has 7 heteroatoms. The van der Waals surface area contributed by atoms with E-state index in [1.807, 2.05) is 6.92 Å². The van der Waals surface area contributed by atoms with Crippen molar-refractivity contribution >= 4 is 22.6 Å². The van der Waals surface area contributed by atoms with E-state index in [-0.39, 0.29) is 22.9 Å². The van der Waals surface area contributed by atoms with Crippen LogP contribution in [0, 0.1) is 0 Å². The molecule has 0 aliphatic rings. The predicted octanol–water partition coefficient (Wildman–Crippen LogP) is 0.320. The summed E-state index contributed by atoms with van der Waals surface area (Å²) < 4.78 is 1.35. The fourth-order valence-electron chi connectivity index (χ4n) is 1.99. The third kappa shape index (κ3) is 1.67. The maximum atomic E-state index is 12.0. The smallest absolute Gasteiger partial charge is 0.348 e. The summed E-state index contributed by atoms with van der Waals surface area (Å²) in [5.74, 6) is -0.350. The van der Waals surface area contributed by atoms with Crippen LogP contribution in [0.15, 0.2) is 29.1 Å². The van der Waals surface area contributed by atoms with E-state index in [2.05, 4.69) is 20.5 Å². The van der Waals surface area contributed by atoms with Crippen molar-refractivity contribution in [1.82, 2.24) is 24.9 Å². The van der Waals surface area contributed by atoms with E-state index in [9.17, 15) is 9.59 Å². The van der Waals surface area contributed by atoms with Gasteiger partial charge in [0.25, 0.3) is 5.91 Å². The summed E-state index contributed by atoms with van der Waals surface area (Å²) in [6, 6.07) is 7.10. The third-order valence-electron chi connectivity index (χ3n) is 2.79. The monoisotopic (exact) mass is 257 g/mol. The number of fused-ring (bicyclic) bond motifs is 3. The Morgan fingerprint density at radius 1 is 1.42 bits per heavy atom. The SMILES string of the molecule is CCNC(=O)c1nc2ccccc2n2c(=O)[nH]nc12. The van der Waals surface area contributed by atoms with Gasteiger partial charge in [-0.05, 0) is 19.1 Å². The number of aromatic nitrogens is 4. The maximum Gasteiger partial charge on any atom is 0.348 e. The van der Waals surface area contributed by atoms with Crippen molar-refractivity contribution in [3.8, 4) is 0 Å². The minimum absolute atomic E-state index is 0.138. The van der Waals surface area contributed by atoms with Crippen LogP contribution in [0.25, 0.3) is 16.7 Å². The van der Waals surface area contributed by atoms with Gasteiger partial charge in [0, 0.05) is 6.54 Å². The highest BCUT2D eigenvalue weighted by molar-refractivity contribution is 6.00. The zero-order valence-electron chi connectivity index (χ0n) is 10.2. The van der Waals surface area contributed by atoms with E-state index in [4.69, 9.17) is 0 Å². The molecule has 7 nitrogen and oxygen atoms in total. The molecule has 0 atom stereocenters. The number of hydrogen-bond acceptors (Lipinski definition) is 4. The molecule has 0 fully saturated rings. The summed E-state index contributed by atoms with van der Waals surface area (Å²) in [5.41, 5.74) is 1.16. The molecule has 1 aromatic carbocycles. The molecule has 0 spiro atoms. The molecular weight excluding hydrogens is 246 g/mol. The Balaban J connectivity index is 2.44. The Kier molecular flexibility index (Phi) is 2.52. The van der Waals surface area contributed by atoms with Crippen LogP contribution in [0.2, 0.25) is 0 Å². The number of benzene rings is 1. The normalized spacial score (nSPS) is 11.0. The highest BCUT2D eigenvalue weighted by Gasteiger charge is 2.17. The van der Waals surface area contributed by atoms with Gasteiger partial charge in [-0.2, -0.15) is 5.10 Å². The Bertz CT molecular complexity index is 833. The third-order valence-corrected chi connectivity index (χ3v) is 2.79. The average Bonchev–Trinajstić information content (AvgIpc) is 2.81. The summed E-state index contributed by atoms with van der Waals surface area (Å²) in [6.07, 6.45) is 0. The summed E-state index contributed by atoms with van der Waals surface area (Å²) in [7, 11) is 0. The fourth-order valence-corrected chi connectivity index (χ4v) is 1.99. The van der Waals surface area contributed by atoms with E-state index >= 15 is 0 Å². The summed E-state index contributed by atoms with van der Waals surface area (Å²) in [6.45, 7) is 2.29. The number of nitrogens with one attached hydrogen (secondary N) is 2. The van der Waals surface area contributed by atoms with Gasteiger partial charge in [-0.1, -0.05) is 12.1 Å². The molecule has 0 unspecified atom stereocenters. The lowest BCUT2D eigenvalue weighted by Gasteiger charge is -2.05. The van der Waals surface area contributed by atoms with Gasteiger partial charge in [0.2, 0.25) is 0 Å². The molecule has 2 heterocycles. The van der Waals surface area contributed by atoms with E-state index < -0.39 is 0 Å². The molecule has 0 saturated carbocycles. The molecule has 0 aliphatic carbocycles. The number of hydrogen-bond donors (Lipinski definition) is 2. The van der Waals surface area contributed by atoms with Crippen molar-refractivity contribution in [1.29, 1.82) is 0 Å². The number of carbonyl (C=O) groups excluding carboxylic acids is 1. The molecular formula is C12H11N5O2. The standard InChI is InChI=1S/C12H11N5O2/c1-2-13-11(18)9-10-15-16-12(19)17(10)8-6-4-3-5-7(8)14-9/h3-6H,2H2,1H3,(H,13,18)(H,16,19). The van der Waals surface area contributed by atoms with Crippen LogP contribution >= 0.6 is 0 Å². The van der Waals surface area contributed by atoms with Crippen LogP contribution < -0.4 is 11.0 Å². The van der Waals surface area contributed by atoms with Crippen LogP contribution in [0.1, 0.15) is 17.4 Å². The molecule has 1 amide bonds. The van der Waals surface area contributed by atoms with Gasteiger partial charge < -0.3 is 5.32 Å². The summed E-state index contributed by atoms with van der Waals surface area (Å²) >= 11 is 0. The quantitative estimate of drug-likeness (QED) is 0.691. The Morgan fingerprint density at radius 2 is 2.21 bits per heavy atom. The summed E-state index contributed by atoms with van der Waals surface area (Å²) in [4.78, 5) is 28.1. The molecule has 3 aromatic rings. The predicted molar refractivity (Wildman–Crippen MR) is 69.1 cm³/mol. The van der Waals surface area contributed by atoms with Gasteiger partial charge in [0.05, 0.1) is 11.0 Å². The van der Waals surface area contributed by atoms with Gasteiger partial charge in [0.15, 0.2) is 11.3 Å². The van der Waals surface area contributed by atoms with Gasteiger partial charge in [-0.3, -0.25) is 4.79 Å². The van der Waals surface area contributed by atoms with Crippen molar-refractivity contribution in [2.24, 2.45) is 0 Å². The second-order valence-corrected chi connectivity index (χ2v) is 4.00. The van der Waals surface area contributed by atoms with Crippen LogP contribution in [0.5, 0.6) is 0 Å². The van der Waals surface area contributed by atoms with Gasteiger partial charge >= 0.3 is 5.69 Å². The lowest BCUT2D eigenvalue weighted by Crippen LogP contribution is -2.25. The largest absolute Gasteiger partial charge is 0.351 e. The zero-order valence-corrected chi connectivity index (χ0v) is 10.2. The highest BCUT2D eigenvalue weighted by Crippen LogP contribution is 2.14. The van der Waals surface area contributed by atoms with Gasteiger partial charge in [0.1, 0.15) is 0 Å². The number of rotatable bonds is 2. The van der Waals surface area contributed by atoms with Crippen molar-refractivity contribution < 1.29 is 4.79 Å². The van der Waals surface area contributed by atoms with Crippen molar-refractivity contribution in [3.63, 3.8) is 0 Å². The molecule has 96 valence electrons. The van der Waals surface area contributed by atoms with E-state index in [1.54, 1.807) is 24.3 Å². The molecule has 0 bridgehead atoms. The van der Waals surface area contributed by atoms with Crippen molar-refractivity contribution in [2.45, 2.75) is 6.92 Å². The topological polar surface area (TPSA) is 92.2 Å². The second kappa shape index (κ2) is 4.20. The van der Waals surface area contributed by atoms with Crippen molar-refractivity contribution in [2.75, 3.05) is 6.54 Å². The zero-order chi connectivity index (χ0) is 13.4. The number of para-hydroxylation sites is 2. The highest BCUT2D eigenvalue weighted by atomic mass is 16.2. The lowest BCUT2D eigenvalue weighted by molar-refractivity contribution is 0.0952. The molecule has 3 rings (SSSR count). The lowest BCUT2D eigenvalue weighted by atomic mass is 10.2. The van der Waals surface area contributed by atoms with Crippen molar-refractivity contribution in [3.05, 3.63) is 40.4 Å². The minimum Gasteiger partial charge on any atom is -0.351 e. The number of carbonyl (C=O) groups is 1. The molecule has 2 N–H and O–H groups in total. The number of aromatic amines is 1. The van der Waals surface area contributed by atoms with E-state index in [0.717, 1.165) is 0 Å². The van der Waals surface area contributed by atoms with E-state index in [1.165, 1.54) is 4.40 Å². The Hall–Kier alpha value is -2.70. The van der Waals surface area contributed by atoms with Crippen LogP contribution in [-0.2, 0) is 0 Å². The molecule has 0 radical (unpaired) electrons. The molecule has 0 saturated heterocycles. The maximum absolute atomic E-state index is 12.0. The summed E-state index contributed by atoms with van der Waals surface area (Å²) in [5, 5.41) is 8.87. The van der Waals surface area contributed by atoms with Crippen LogP contribution in [0.4, 0.5) is 0 Å².